The highest BCUT2D eigenvalue weighted by molar-refractivity contribution is 7.99. The van der Waals surface area contributed by atoms with E-state index in [-0.39, 0.29) is 36.3 Å². The number of para-hydroxylation sites is 1. The van der Waals surface area contributed by atoms with Crippen LogP contribution in [0.3, 0.4) is 0 Å². The van der Waals surface area contributed by atoms with Gasteiger partial charge in [-0.2, -0.15) is 5.10 Å². The molecule has 0 radical (unpaired) electrons. The lowest BCUT2D eigenvalue weighted by atomic mass is 10.0. The van der Waals surface area contributed by atoms with E-state index in [1.165, 1.54) is 40.6 Å². The summed E-state index contributed by atoms with van der Waals surface area (Å²) in [6.07, 6.45) is 0.472. The number of thioether (sulfide) groups is 1. The molecule has 47 heavy (non-hydrogen) atoms. The van der Waals surface area contributed by atoms with Crippen molar-refractivity contribution in [3.63, 3.8) is 0 Å². The van der Waals surface area contributed by atoms with Gasteiger partial charge < -0.3 is 10.1 Å². The molecule has 238 valence electrons. The minimum atomic E-state index is -0.503. The number of nitrogens with one attached hydrogen (secondary N) is 1. The number of benzene rings is 3. The molecule has 0 aliphatic carbocycles. The SMILES string of the molecule is O=C(COc1ccccc1)NCc1nnc(SCC(=O)N2N=C(c3cccs3)C[C@@H]2c2ccc(F)cc2)n1-c1ccc([N+](=O)[O-])cc1. The molecule has 0 unspecified atom stereocenters. The van der Waals surface area contributed by atoms with Crippen LogP contribution in [0.15, 0.2) is 107 Å². The molecule has 1 aliphatic rings. The van der Waals surface area contributed by atoms with Gasteiger partial charge in [0.25, 0.3) is 17.5 Å². The molecule has 1 atom stereocenters. The molecular formula is C32H26FN7O5S2. The number of halogens is 1. The van der Waals surface area contributed by atoms with Crippen molar-refractivity contribution in [3.8, 4) is 11.4 Å². The van der Waals surface area contributed by atoms with E-state index in [0.29, 0.717) is 28.8 Å². The number of nitrogens with zero attached hydrogens (tertiary/aromatic N) is 6. The minimum absolute atomic E-state index is 0.0251. The van der Waals surface area contributed by atoms with Gasteiger partial charge in [0, 0.05) is 24.2 Å². The van der Waals surface area contributed by atoms with Crippen LogP contribution >= 0.6 is 23.1 Å². The van der Waals surface area contributed by atoms with Crippen LogP contribution in [0.25, 0.3) is 5.69 Å². The topological polar surface area (TPSA) is 145 Å². The third-order valence-electron chi connectivity index (χ3n) is 7.13. The van der Waals surface area contributed by atoms with E-state index in [2.05, 4.69) is 20.6 Å². The van der Waals surface area contributed by atoms with Crippen molar-refractivity contribution in [2.24, 2.45) is 5.10 Å². The van der Waals surface area contributed by atoms with Gasteiger partial charge in [-0.25, -0.2) is 9.40 Å². The van der Waals surface area contributed by atoms with Crippen molar-refractivity contribution in [2.45, 2.75) is 24.2 Å². The summed E-state index contributed by atoms with van der Waals surface area (Å²) in [5, 5.41) is 30.9. The molecule has 0 bridgehead atoms. The van der Waals surface area contributed by atoms with Gasteiger partial charge in [0.15, 0.2) is 17.6 Å². The Labute approximate surface area is 276 Å². The van der Waals surface area contributed by atoms with Gasteiger partial charge in [0.1, 0.15) is 11.6 Å². The number of hydrogen-bond acceptors (Lipinski definition) is 10. The van der Waals surface area contributed by atoms with Crippen LogP contribution in [0, 0.1) is 15.9 Å². The number of thiophene rings is 1. The van der Waals surface area contributed by atoms with Crippen molar-refractivity contribution in [3.05, 3.63) is 129 Å². The van der Waals surface area contributed by atoms with E-state index in [4.69, 9.17) is 4.74 Å². The first-order valence-corrected chi connectivity index (χ1v) is 16.2. The van der Waals surface area contributed by atoms with Crippen LogP contribution in [0.5, 0.6) is 5.75 Å². The van der Waals surface area contributed by atoms with Gasteiger partial charge in [-0.15, -0.1) is 21.5 Å². The third-order valence-corrected chi connectivity index (χ3v) is 8.96. The van der Waals surface area contributed by atoms with Crippen molar-refractivity contribution >= 4 is 46.3 Å². The number of hydrazone groups is 1. The number of non-ortho nitro benzene ring substituents is 1. The van der Waals surface area contributed by atoms with Crippen LogP contribution in [0.2, 0.25) is 0 Å². The maximum atomic E-state index is 13.7. The first-order valence-electron chi connectivity index (χ1n) is 14.3. The number of amides is 2. The highest BCUT2D eigenvalue weighted by Gasteiger charge is 2.33. The van der Waals surface area contributed by atoms with E-state index in [1.807, 2.05) is 23.6 Å². The highest BCUT2D eigenvalue weighted by Crippen LogP contribution is 2.35. The summed E-state index contributed by atoms with van der Waals surface area (Å²) in [5.74, 6) is -0.252. The largest absolute Gasteiger partial charge is 0.484 e. The number of nitro groups is 1. The summed E-state index contributed by atoms with van der Waals surface area (Å²) in [4.78, 5) is 37.9. The van der Waals surface area contributed by atoms with Crippen LogP contribution < -0.4 is 10.1 Å². The summed E-state index contributed by atoms with van der Waals surface area (Å²) >= 11 is 2.63. The number of hydrogen-bond donors (Lipinski definition) is 1. The summed E-state index contributed by atoms with van der Waals surface area (Å²) in [6, 6.07) is 24.1. The second kappa shape index (κ2) is 14.3. The minimum Gasteiger partial charge on any atom is -0.484 e. The molecule has 12 nitrogen and oxygen atoms in total. The fourth-order valence-electron chi connectivity index (χ4n) is 4.85. The van der Waals surface area contributed by atoms with Gasteiger partial charge in [0.05, 0.1) is 33.9 Å². The molecule has 15 heteroatoms. The Morgan fingerprint density at radius 3 is 2.49 bits per heavy atom. The van der Waals surface area contributed by atoms with Crippen molar-refractivity contribution in [1.29, 1.82) is 0 Å². The predicted molar refractivity (Wildman–Crippen MR) is 174 cm³/mol. The van der Waals surface area contributed by atoms with Crippen LogP contribution in [0.1, 0.15) is 28.7 Å². The Bertz CT molecular complexity index is 1900. The maximum Gasteiger partial charge on any atom is 0.269 e. The summed E-state index contributed by atoms with van der Waals surface area (Å²) in [7, 11) is 0. The normalized spacial score (nSPS) is 14.1. The summed E-state index contributed by atoms with van der Waals surface area (Å²) in [6.45, 7) is -0.243. The molecule has 3 heterocycles. The zero-order chi connectivity index (χ0) is 32.8. The molecule has 6 rings (SSSR count). The van der Waals surface area contributed by atoms with Gasteiger partial charge in [0.2, 0.25) is 0 Å². The molecule has 1 N–H and O–H groups in total. The zero-order valence-corrected chi connectivity index (χ0v) is 26.2. The number of rotatable bonds is 12. The molecule has 0 spiro atoms. The Morgan fingerprint density at radius 1 is 1.02 bits per heavy atom. The van der Waals surface area contributed by atoms with Crippen molar-refractivity contribution in [1.82, 2.24) is 25.1 Å². The second-order valence-corrected chi connectivity index (χ2v) is 12.1. The summed E-state index contributed by atoms with van der Waals surface area (Å²) < 4.78 is 20.8. The first kappa shape index (κ1) is 31.6. The van der Waals surface area contributed by atoms with Crippen molar-refractivity contribution < 1.29 is 23.6 Å². The van der Waals surface area contributed by atoms with E-state index in [0.717, 1.165) is 27.9 Å². The lowest BCUT2D eigenvalue weighted by molar-refractivity contribution is -0.384. The third kappa shape index (κ3) is 7.53. The van der Waals surface area contributed by atoms with Crippen LogP contribution in [-0.4, -0.2) is 54.6 Å². The van der Waals surface area contributed by atoms with Crippen molar-refractivity contribution in [2.75, 3.05) is 12.4 Å². The van der Waals surface area contributed by atoms with Gasteiger partial charge in [-0.05, 0) is 53.4 Å². The lowest BCUT2D eigenvalue weighted by Crippen LogP contribution is -2.29. The quantitative estimate of drug-likeness (QED) is 0.103. The van der Waals surface area contributed by atoms with Crippen LogP contribution in [-0.2, 0) is 16.1 Å². The van der Waals surface area contributed by atoms with E-state index < -0.39 is 16.9 Å². The molecule has 0 saturated heterocycles. The Hall–Kier alpha value is -5.41. The van der Waals surface area contributed by atoms with Gasteiger partial charge in [-0.3, -0.25) is 24.3 Å². The standard InChI is InChI=1S/C32H26FN7O5S2/c33-22-10-8-21(9-11-22)27-17-26(28-7-4-16-46-28)37-39(27)31(42)20-47-32-36-35-29(38(32)23-12-14-24(15-13-23)40(43)44)18-34-30(41)19-45-25-5-2-1-3-6-25/h1-16,27H,17-20H2,(H,34,41)/t27-/m1/s1. The molecular weight excluding hydrogens is 646 g/mol. The number of carbonyl (C=O) groups excluding carboxylic acids is 2. The van der Waals surface area contributed by atoms with Crippen LogP contribution in [0.4, 0.5) is 10.1 Å². The second-order valence-electron chi connectivity index (χ2n) is 10.2. The molecule has 3 aromatic carbocycles. The maximum absolute atomic E-state index is 13.7. The molecule has 0 saturated carbocycles. The Balaban J connectivity index is 1.20. The monoisotopic (exact) mass is 671 g/mol. The molecule has 1 aliphatic heterocycles. The number of ether oxygens (including phenoxy) is 1. The number of carbonyl (C=O) groups is 2. The summed E-state index contributed by atoms with van der Waals surface area (Å²) in [5.41, 5.74) is 1.92. The van der Waals surface area contributed by atoms with Gasteiger partial charge in [-0.1, -0.05) is 48.2 Å². The van der Waals surface area contributed by atoms with E-state index in [9.17, 15) is 24.1 Å². The smallest absolute Gasteiger partial charge is 0.269 e. The average Bonchev–Trinajstić information content (AvgIpc) is 3.87. The Kier molecular flexibility index (Phi) is 9.64. The lowest BCUT2D eigenvalue weighted by Gasteiger charge is -2.22. The number of nitro benzene ring substituents is 1. The Morgan fingerprint density at radius 2 is 1.79 bits per heavy atom. The molecule has 5 aromatic rings. The fraction of sp³-hybridized carbons (Fsp3) is 0.156. The molecule has 2 amide bonds. The highest BCUT2D eigenvalue weighted by atomic mass is 32.2. The van der Waals surface area contributed by atoms with E-state index in [1.54, 1.807) is 53.1 Å². The van der Waals surface area contributed by atoms with E-state index >= 15 is 0 Å². The first-order chi connectivity index (χ1) is 22.9. The fourth-order valence-corrected chi connectivity index (χ4v) is 6.40. The number of aromatic nitrogens is 3. The molecule has 0 fully saturated rings. The van der Waals surface area contributed by atoms with Gasteiger partial charge >= 0.3 is 0 Å². The average molecular weight is 672 g/mol. The predicted octanol–water partition coefficient (Wildman–Crippen LogP) is 5.54. The molecule has 2 aromatic heterocycles. The zero-order valence-electron chi connectivity index (χ0n) is 24.6.